The zero-order valence-electron chi connectivity index (χ0n) is 6.02. The third kappa shape index (κ3) is 0.813. The molecule has 0 aliphatic carbocycles. The number of nitrogen functional groups attached to an aromatic ring is 1. The molecule has 2 N–H and O–H groups in total. The summed E-state index contributed by atoms with van der Waals surface area (Å²) in [4.78, 5) is 0. The van der Waals surface area contributed by atoms with Gasteiger partial charge in [-0.25, -0.2) is 0 Å². The maximum absolute atomic E-state index is 5.52. The molecule has 11 heavy (non-hydrogen) atoms. The van der Waals surface area contributed by atoms with E-state index in [1.807, 2.05) is 13.2 Å². The average molecular weight is 149 g/mol. The van der Waals surface area contributed by atoms with Gasteiger partial charge in [-0.2, -0.15) is 10.2 Å². The molecule has 0 aliphatic heterocycles. The Balaban J connectivity index is 2.90. The molecule has 2 heterocycles. The maximum atomic E-state index is 5.52. The standard InChI is InChI=1S/C6H7N5/c1-11-3-4-2-8-9-6(7)5(4)10-11/h2-3H,1H3,(H2,7,9). The van der Waals surface area contributed by atoms with Crippen molar-refractivity contribution in [1.29, 1.82) is 0 Å². The number of nitrogens with zero attached hydrogens (tertiary/aromatic N) is 4. The molecule has 0 fully saturated rings. The summed E-state index contributed by atoms with van der Waals surface area (Å²) in [6, 6.07) is 0. The lowest BCUT2D eigenvalue weighted by Gasteiger charge is -1.88. The van der Waals surface area contributed by atoms with Crippen molar-refractivity contribution < 1.29 is 0 Å². The molecule has 0 radical (unpaired) electrons. The van der Waals surface area contributed by atoms with E-state index in [1.54, 1.807) is 10.9 Å². The van der Waals surface area contributed by atoms with E-state index in [1.165, 1.54) is 0 Å². The monoisotopic (exact) mass is 149 g/mol. The number of hydrogen-bond donors (Lipinski definition) is 1. The van der Waals surface area contributed by atoms with Crippen LogP contribution in [0.4, 0.5) is 5.82 Å². The van der Waals surface area contributed by atoms with E-state index in [4.69, 9.17) is 5.73 Å². The average Bonchev–Trinajstić information content (AvgIpc) is 2.31. The molecule has 5 nitrogen and oxygen atoms in total. The van der Waals surface area contributed by atoms with Gasteiger partial charge in [0, 0.05) is 18.6 Å². The number of hydrogen-bond acceptors (Lipinski definition) is 4. The molecule has 0 bridgehead atoms. The van der Waals surface area contributed by atoms with E-state index >= 15 is 0 Å². The topological polar surface area (TPSA) is 69.6 Å². The number of nitrogens with two attached hydrogens (primary N) is 1. The van der Waals surface area contributed by atoms with Crippen molar-refractivity contribution in [3.63, 3.8) is 0 Å². The van der Waals surface area contributed by atoms with Crippen LogP contribution >= 0.6 is 0 Å². The first-order valence-corrected chi connectivity index (χ1v) is 3.18. The second kappa shape index (κ2) is 1.91. The second-order valence-corrected chi connectivity index (χ2v) is 2.34. The van der Waals surface area contributed by atoms with E-state index in [0.717, 1.165) is 5.39 Å². The zero-order chi connectivity index (χ0) is 7.84. The van der Waals surface area contributed by atoms with Crippen LogP contribution in [-0.2, 0) is 7.05 Å². The lowest BCUT2D eigenvalue weighted by molar-refractivity contribution is 0.779. The quantitative estimate of drug-likeness (QED) is 0.570. The summed E-state index contributed by atoms with van der Waals surface area (Å²) in [5.41, 5.74) is 6.23. The van der Waals surface area contributed by atoms with Gasteiger partial charge in [-0.15, -0.1) is 5.10 Å². The van der Waals surface area contributed by atoms with E-state index in [9.17, 15) is 0 Å². The highest BCUT2D eigenvalue weighted by atomic mass is 15.3. The van der Waals surface area contributed by atoms with Crippen LogP contribution in [0, 0.1) is 0 Å². The van der Waals surface area contributed by atoms with Gasteiger partial charge >= 0.3 is 0 Å². The largest absolute Gasteiger partial charge is 0.380 e. The highest BCUT2D eigenvalue weighted by molar-refractivity contribution is 5.85. The van der Waals surface area contributed by atoms with Crippen molar-refractivity contribution in [3.8, 4) is 0 Å². The smallest absolute Gasteiger partial charge is 0.174 e. The Labute approximate surface area is 62.8 Å². The highest BCUT2D eigenvalue weighted by Gasteiger charge is 2.01. The molecule has 56 valence electrons. The van der Waals surface area contributed by atoms with Gasteiger partial charge in [-0.3, -0.25) is 4.68 Å². The van der Waals surface area contributed by atoms with Crippen LogP contribution in [0.3, 0.4) is 0 Å². The zero-order valence-corrected chi connectivity index (χ0v) is 6.02. The first kappa shape index (κ1) is 6.09. The van der Waals surface area contributed by atoms with E-state index in [-0.39, 0.29) is 0 Å². The van der Waals surface area contributed by atoms with Crippen LogP contribution in [0.15, 0.2) is 12.4 Å². The molecule has 2 rings (SSSR count). The van der Waals surface area contributed by atoms with Crippen LogP contribution in [0.1, 0.15) is 0 Å². The molecule has 0 unspecified atom stereocenters. The van der Waals surface area contributed by atoms with Gasteiger partial charge in [0.15, 0.2) is 5.82 Å². The molecule has 0 spiro atoms. The Bertz CT molecular complexity index is 391. The molecular formula is C6H7N5. The summed E-state index contributed by atoms with van der Waals surface area (Å²) in [5.74, 6) is 0.378. The summed E-state index contributed by atoms with van der Waals surface area (Å²) in [7, 11) is 1.83. The summed E-state index contributed by atoms with van der Waals surface area (Å²) >= 11 is 0. The Hall–Kier alpha value is -1.65. The van der Waals surface area contributed by atoms with Crippen LogP contribution in [0.5, 0.6) is 0 Å². The van der Waals surface area contributed by atoms with Gasteiger partial charge in [0.05, 0.1) is 6.20 Å². The van der Waals surface area contributed by atoms with Crippen molar-refractivity contribution in [2.45, 2.75) is 0 Å². The normalized spacial score (nSPS) is 10.6. The van der Waals surface area contributed by atoms with Crippen molar-refractivity contribution in [2.24, 2.45) is 7.05 Å². The van der Waals surface area contributed by atoms with Gasteiger partial charge in [0.1, 0.15) is 5.52 Å². The minimum absolute atomic E-state index is 0.378. The lowest BCUT2D eigenvalue weighted by Crippen LogP contribution is -1.93. The van der Waals surface area contributed by atoms with Crippen molar-refractivity contribution in [1.82, 2.24) is 20.0 Å². The minimum atomic E-state index is 0.378. The van der Waals surface area contributed by atoms with Gasteiger partial charge in [-0.05, 0) is 0 Å². The number of rotatable bonds is 0. The predicted octanol–water partition coefficient (Wildman–Crippen LogP) is -0.0545. The van der Waals surface area contributed by atoms with Crippen LogP contribution < -0.4 is 5.73 Å². The fourth-order valence-electron chi connectivity index (χ4n) is 1.00. The third-order valence-corrected chi connectivity index (χ3v) is 1.46. The molecule has 0 saturated heterocycles. The van der Waals surface area contributed by atoms with E-state index < -0.39 is 0 Å². The molecular weight excluding hydrogens is 142 g/mol. The molecule has 2 aromatic heterocycles. The van der Waals surface area contributed by atoms with Gasteiger partial charge in [-0.1, -0.05) is 0 Å². The Morgan fingerprint density at radius 2 is 2.36 bits per heavy atom. The summed E-state index contributed by atoms with van der Waals surface area (Å²) < 4.78 is 1.68. The summed E-state index contributed by atoms with van der Waals surface area (Å²) in [6.07, 6.45) is 3.49. The van der Waals surface area contributed by atoms with Crippen molar-refractivity contribution >= 4 is 16.7 Å². The Morgan fingerprint density at radius 1 is 1.55 bits per heavy atom. The second-order valence-electron chi connectivity index (χ2n) is 2.34. The first-order chi connectivity index (χ1) is 5.27. The SMILES string of the molecule is Cn1cc2cnnc(N)c2n1. The number of aryl methyl sites for hydroxylation is 1. The number of anilines is 1. The predicted molar refractivity (Wildman–Crippen MR) is 40.7 cm³/mol. The first-order valence-electron chi connectivity index (χ1n) is 3.18. The van der Waals surface area contributed by atoms with Gasteiger partial charge in [0.25, 0.3) is 0 Å². The van der Waals surface area contributed by atoms with Gasteiger partial charge < -0.3 is 5.73 Å². The Kier molecular flexibility index (Phi) is 1.06. The molecule has 0 aromatic carbocycles. The fraction of sp³-hybridized carbons (Fsp3) is 0.167. The fourth-order valence-corrected chi connectivity index (χ4v) is 1.00. The molecule has 0 saturated carbocycles. The lowest BCUT2D eigenvalue weighted by atomic mass is 10.4. The van der Waals surface area contributed by atoms with Crippen LogP contribution in [0.2, 0.25) is 0 Å². The van der Waals surface area contributed by atoms with E-state index in [0.29, 0.717) is 11.3 Å². The number of aromatic nitrogens is 4. The molecule has 2 aromatic rings. The van der Waals surface area contributed by atoms with E-state index in [2.05, 4.69) is 15.3 Å². The maximum Gasteiger partial charge on any atom is 0.174 e. The summed E-state index contributed by atoms with van der Waals surface area (Å²) in [6.45, 7) is 0. The molecule has 0 atom stereocenters. The highest BCUT2D eigenvalue weighted by Crippen LogP contribution is 2.13. The molecule has 0 aliphatic rings. The number of fused-ring (bicyclic) bond motifs is 1. The Morgan fingerprint density at radius 3 is 3.09 bits per heavy atom. The van der Waals surface area contributed by atoms with Crippen LogP contribution in [0.25, 0.3) is 10.9 Å². The van der Waals surface area contributed by atoms with Crippen LogP contribution in [-0.4, -0.2) is 20.0 Å². The third-order valence-electron chi connectivity index (χ3n) is 1.46. The minimum Gasteiger partial charge on any atom is -0.380 e. The van der Waals surface area contributed by atoms with Crippen molar-refractivity contribution in [3.05, 3.63) is 12.4 Å². The van der Waals surface area contributed by atoms with Crippen molar-refractivity contribution in [2.75, 3.05) is 5.73 Å². The molecule has 5 heteroatoms. The molecule has 0 amide bonds. The van der Waals surface area contributed by atoms with Gasteiger partial charge in [0.2, 0.25) is 0 Å². The summed E-state index contributed by atoms with van der Waals surface area (Å²) in [5, 5.41) is 12.4.